The molecule has 17 heavy (non-hydrogen) atoms. The van der Waals surface area contributed by atoms with E-state index in [9.17, 15) is 8.42 Å². The molecular formula is C12H26N2O2S. The highest BCUT2D eigenvalue weighted by molar-refractivity contribution is 7.89. The molecule has 4 nitrogen and oxygen atoms in total. The molecule has 0 unspecified atom stereocenters. The number of piperidine rings is 1. The first-order chi connectivity index (χ1) is 7.97. The molecule has 0 atom stereocenters. The molecule has 5 heteroatoms. The lowest BCUT2D eigenvalue weighted by molar-refractivity contribution is 0.261. The minimum Gasteiger partial charge on any atom is -0.317 e. The van der Waals surface area contributed by atoms with Gasteiger partial charge in [0.1, 0.15) is 0 Å². The normalized spacial score (nSPS) is 19.1. The van der Waals surface area contributed by atoms with Gasteiger partial charge in [-0.3, -0.25) is 0 Å². The molecule has 0 amide bonds. The molecule has 102 valence electrons. The van der Waals surface area contributed by atoms with Crippen LogP contribution in [0.25, 0.3) is 0 Å². The summed E-state index contributed by atoms with van der Waals surface area (Å²) in [5, 5.41) is 3.31. The van der Waals surface area contributed by atoms with Crippen LogP contribution >= 0.6 is 0 Å². The lowest BCUT2D eigenvalue weighted by Crippen LogP contribution is -2.43. The quantitative estimate of drug-likeness (QED) is 0.788. The van der Waals surface area contributed by atoms with Gasteiger partial charge in [0.2, 0.25) is 10.0 Å². The smallest absolute Gasteiger partial charge is 0.214 e. The molecule has 0 bridgehead atoms. The van der Waals surface area contributed by atoms with Crippen LogP contribution in [0.15, 0.2) is 0 Å². The van der Waals surface area contributed by atoms with E-state index in [1.165, 1.54) is 0 Å². The Bertz CT molecular complexity index is 308. The highest BCUT2D eigenvalue weighted by Crippen LogP contribution is 2.18. The first-order valence-electron chi connectivity index (χ1n) is 6.67. The van der Waals surface area contributed by atoms with Crippen molar-refractivity contribution in [2.45, 2.75) is 46.1 Å². The number of sulfonamides is 1. The van der Waals surface area contributed by atoms with Gasteiger partial charge in [0.05, 0.1) is 5.75 Å². The molecule has 0 aromatic carbocycles. The third-order valence-electron chi connectivity index (χ3n) is 3.29. The monoisotopic (exact) mass is 262 g/mol. The van der Waals surface area contributed by atoms with Crippen LogP contribution < -0.4 is 5.32 Å². The van der Waals surface area contributed by atoms with Gasteiger partial charge >= 0.3 is 0 Å². The number of hydrogen-bond donors (Lipinski definition) is 1. The Kier molecular flexibility index (Phi) is 5.89. The standard InChI is InChI=1S/C12H26N2O2S/c1-4-9-17(15,16)14(11(2)3)10-12-5-7-13-8-6-12/h11-13H,4-10H2,1-3H3. The summed E-state index contributed by atoms with van der Waals surface area (Å²) in [6.45, 7) is 8.58. The SMILES string of the molecule is CCCS(=O)(=O)N(CC1CCNCC1)C(C)C. The molecule has 1 saturated heterocycles. The molecule has 0 aromatic rings. The van der Waals surface area contributed by atoms with E-state index >= 15 is 0 Å². The third-order valence-corrected chi connectivity index (χ3v) is 5.50. The Morgan fingerprint density at radius 3 is 2.35 bits per heavy atom. The number of nitrogens with one attached hydrogen (secondary N) is 1. The lowest BCUT2D eigenvalue weighted by Gasteiger charge is -2.31. The Balaban J connectivity index is 2.65. The van der Waals surface area contributed by atoms with Crippen LogP contribution in [0.1, 0.15) is 40.0 Å². The van der Waals surface area contributed by atoms with Crippen molar-refractivity contribution in [1.82, 2.24) is 9.62 Å². The third kappa shape index (κ3) is 4.56. The van der Waals surface area contributed by atoms with Gasteiger partial charge in [-0.1, -0.05) is 6.92 Å². The molecule has 0 aliphatic carbocycles. The largest absolute Gasteiger partial charge is 0.317 e. The van der Waals surface area contributed by atoms with Gasteiger partial charge in [-0.15, -0.1) is 0 Å². The maximum atomic E-state index is 12.2. The second kappa shape index (κ2) is 6.71. The Labute approximate surface area is 106 Å². The van der Waals surface area contributed by atoms with Crippen molar-refractivity contribution in [2.24, 2.45) is 5.92 Å². The summed E-state index contributed by atoms with van der Waals surface area (Å²) >= 11 is 0. The van der Waals surface area contributed by atoms with Gasteiger partial charge in [-0.05, 0) is 52.1 Å². The van der Waals surface area contributed by atoms with Gasteiger partial charge in [-0.25, -0.2) is 8.42 Å². The van der Waals surface area contributed by atoms with Crippen LogP contribution in [-0.4, -0.2) is 44.2 Å². The van der Waals surface area contributed by atoms with E-state index in [4.69, 9.17) is 0 Å². The van der Waals surface area contributed by atoms with Crippen LogP contribution in [0.4, 0.5) is 0 Å². The van der Waals surface area contributed by atoms with E-state index in [-0.39, 0.29) is 11.8 Å². The van der Waals surface area contributed by atoms with Crippen molar-refractivity contribution in [3.05, 3.63) is 0 Å². The average molecular weight is 262 g/mol. The topological polar surface area (TPSA) is 49.4 Å². The molecule has 0 saturated carbocycles. The molecule has 1 aliphatic rings. The predicted octanol–water partition coefficient (Wildman–Crippen LogP) is 1.44. The highest BCUT2D eigenvalue weighted by Gasteiger charge is 2.27. The highest BCUT2D eigenvalue weighted by atomic mass is 32.2. The summed E-state index contributed by atoms with van der Waals surface area (Å²) < 4.78 is 26.0. The molecule has 1 aliphatic heterocycles. The average Bonchev–Trinajstić information content (AvgIpc) is 2.26. The molecule has 1 rings (SSSR count). The Morgan fingerprint density at radius 1 is 1.29 bits per heavy atom. The van der Waals surface area contributed by atoms with E-state index in [0.29, 0.717) is 18.9 Å². The Morgan fingerprint density at radius 2 is 1.88 bits per heavy atom. The van der Waals surface area contributed by atoms with E-state index in [1.54, 1.807) is 4.31 Å². The van der Waals surface area contributed by atoms with E-state index < -0.39 is 10.0 Å². The van der Waals surface area contributed by atoms with Crippen molar-refractivity contribution in [2.75, 3.05) is 25.4 Å². The molecule has 1 heterocycles. The van der Waals surface area contributed by atoms with Crippen LogP contribution in [0.5, 0.6) is 0 Å². The van der Waals surface area contributed by atoms with Gasteiger partial charge in [0.15, 0.2) is 0 Å². The summed E-state index contributed by atoms with van der Waals surface area (Å²) in [5.41, 5.74) is 0. The molecule has 0 radical (unpaired) electrons. The number of nitrogens with zero attached hydrogens (tertiary/aromatic N) is 1. The zero-order valence-electron chi connectivity index (χ0n) is 11.3. The van der Waals surface area contributed by atoms with Crippen LogP contribution in [-0.2, 0) is 10.0 Å². The molecule has 0 spiro atoms. The Hall–Kier alpha value is -0.130. The van der Waals surface area contributed by atoms with Gasteiger partial charge in [-0.2, -0.15) is 4.31 Å². The fourth-order valence-electron chi connectivity index (χ4n) is 2.34. The van der Waals surface area contributed by atoms with Crippen molar-refractivity contribution < 1.29 is 8.42 Å². The summed E-state index contributed by atoms with van der Waals surface area (Å²) in [6, 6.07) is 0.0708. The van der Waals surface area contributed by atoms with Crippen molar-refractivity contribution in [3.63, 3.8) is 0 Å². The molecular weight excluding hydrogens is 236 g/mol. The van der Waals surface area contributed by atoms with Gasteiger partial charge < -0.3 is 5.32 Å². The molecule has 1 fully saturated rings. The summed E-state index contributed by atoms with van der Waals surface area (Å²) in [6.07, 6.45) is 2.87. The fraction of sp³-hybridized carbons (Fsp3) is 1.00. The van der Waals surface area contributed by atoms with Crippen molar-refractivity contribution >= 4 is 10.0 Å². The predicted molar refractivity (Wildman–Crippen MR) is 71.5 cm³/mol. The van der Waals surface area contributed by atoms with Crippen molar-refractivity contribution in [3.8, 4) is 0 Å². The van der Waals surface area contributed by atoms with E-state index in [1.807, 2.05) is 20.8 Å². The number of rotatable bonds is 6. The minimum atomic E-state index is -3.06. The lowest BCUT2D eigenvalue weighted by atomic mass is 9.98. The summed E-state index contributed by atoms with van der Waals surface area (Å²) in [5.74, 6) is 0.793. The maximum absolute atomic E-state index is 12.2. The van der Waals surface area contributed by atoms with Crippen LogP contribution in [0.3, 0.4) is 0 Å². The fourth-order valence-corrected chi connectivity index (χ4v) is 4.17. The zero-order valence-corrected chi connectivity index (χ0v) is 12.1. The maximum Gasteiger partial charge on any atom is 0.214 e. The van der Waals surface area contributed by atoms with Crippen LogP contribution in [0, 0.1) is 5.92 Å². The summed E-state index contributed by atoms with van der Waals surface area (Å²) in [4.78, 5) is 0. The first kappa shape index (κ1) is 14.9. The second-order valence-corrected chi connectivity index (χ2v) is 7.21. The van der Waals surface area contributed by atoms with Gasteiger partial charge in [0, 0.05) is 12.6 Å². The van der Waals surface area contributed by atoms with Crippen LogP contribution in [0.2, 0.25) is 0 Å². The summed E-state index contributed by atoms with van der Waals surface area (Å²) in [7, 11) is -3.06. The zero-order chi connectivity index (χ0) is 12.9. The molecule has 1 N–H and O–H groups in total. The second-order valence-electron chi connectivity index (χ2n) is 5.17. The van der Waals surface area contributed by atoms with E-state index in [2.05, 4.69) is 5.32 Å². The minimum absolute atomic E-state index is 0.0708. The number of hydrogen-bond acceptors (Lipinski definition) is 3. The first-order valence-corrected chi connectivity index (χ1v) is 8.28. The van der Waals surface area contributed by atoms with E-state index in [0.717, 1.165) is 25.9 Å². The van der Waals surface area contributed by atoms with Crippen molar-refractivity contribution in [1.29, 1.82) is 0 Å². The molecule has 0 aromatic heterocycles. The van der Waals surface area contributed by atoms with Gasteiger partial charge in [0.25, 0.3) is 0 Å².